The van der Waals surface area contributed by atoms with Crippen LogP contribution in [0.4, 0.5) is 0 Å². The number of hydrogen-bond donors (Lipinski definition) is 5. The van der Waals surface area contributed by atoms with Gasteiger partial charge in [0.15, 0.2) is 0 Å². The zero-order valence-electron chi connectivity index (χ0n) is 11.1. The molecule has 0 aromatic rings. The summed E-state index contributed by atoms with van der Waals surface area (Å²) >= 11 is 3.72. The Balaban J connectivity index is 4.75. The minimum absolute atomic E-state index is 0.175. The van der Waals surface area contributed by atoms with E-state index in [0.717, 1.165) is 0 Å². The van der Waals surface area contributed by atoms with Crippen molar-refractivity contribution in [3.63, 3.8) is 0 Å². The molecule has 0 aliphatic heterocycles. The topological polar surface area (TPSA) is 116 Å². The van der Waals surface area contributed by atoms with E-state index < -0.39 is 35.8 Å². The van der Waals surface area contributed by atoms with Crippen molar-refractivity contribution in [3.8, 4) is 0 Å². The summed E-state index contributed by atoms with van der Waals surface area (Å²) in [6, 6.07) is -1.82. The highest BCUT2D eigenvalue weighted by molar-refractivity contribution is 7.80. The van der Waals surface area contributed by atoms with Crippen LogP contribution in [0.2, 0.25) is 0 Å². The Labute approximate surface area is 117 Å². The fourth-order valence-electron chi connectivity index (χ4n) is 1.45. The van der Waals surface area contributed by atoms with E-state index in [0.29, 0.717) is 0 Å². The number of aliphatic hydroxyl groups excluding tert-OH is 1. The summed E-state index contributed by atoms with van der Waals surface area (Å²) < 4.78 is 0. The van der Waals surface area contributed by atoms with E-state index >= 15 is 0 Å². The Hall–Kier alpha value is -1.28. The summed E-state index contributed by atoms with van der Waals surface area (Å²) in [4.78, 5) is 33.6. The minimum Gasteiger partial charge on any atom is -0.481 e. The van der Waals surface area contributed by atoms with E-state index in [1.54, 1.807) is 13.8 Å². The Kier molecular flexibility index (Phi) is 7.47. The number of aliphatic hydroxyl groups is 1. The molecule has 0 aromatic heterocycles. The summed E-state index contributed by atoms with van der Waals surface area (Å²) in [5.41, 5.74) is -1.30. The van der Waals surface area contributed by atoms with Crippen molar-refractivity contribution in [2.75, 3.05) is 0 Å². The highest BCUT2D eigenvalue weighted by Crippen LogP contribution is 2.07. The number of amides is 2. The van der Waals surface area contributed by atoms with Gasteiger partial charge in [-0.25, -0.2) is 0 Å². The van der Waals surface area contributed by atoms with Crippen LogP contribution in [0, 0.1) is 5.92 Å². The molecule has 8 heteroatoms. The molecule has 0 unspecified atom stereocenters. The summed E-state index contributed by atoms with van der Waals surface area (Å²) in [6.45, 7) is 4.76. The lowest BCUT2D eigenvalue weighted by molar-refractivity contribution is -0.138. The molecule has 2 amide bonds. The van der Waals surface area contributed by atoms with Gasteiger partial charge in [0.2, 0.25) is 11.8 Å². The first-order valence-electron chi connectivity index (χ1n) is 5.80. The van der Waals surface area contributed by atoms with Crippen LogP contribution >= 0.6 is 12.6 Å². The van der Waals surface area contributed by atoms with Crippen LogP contribution < -0.4 is 10.6 Å². The first kappa shape index (κ1) is 17.7. The van der Waals surface area contributed by atoms with Crippen molar-refractivity contribution >= 4 is 30.4 Å². The molecule has 0 aromatic carbocycles. The Morgan fingerprint density at radius 3 is 2.05 bits per heavy atom. The highest BCUT2D eigenvalue weighted by atomic mass is 32.1. The van der Waals surface area contributed by atoms with Crippen LogP contribution in [0.25, 0.3) is 0 Å². The second-order valence-corrected chi connectivity index (χ2v) is 5.08. The van der Waals surface area contributed by atoms with Crippen molar-refractivity contribution in [2.45, 2.75) is 44.7 Å². The van der Waals surface area contributed by atoms with Gasteiger partial charge in [-0.15, -0.1) is 12.6 Å². The van der Waals surface area contributed by atoms with Gasteiger partial charge in [0.25, 0.3) is 0 Å². The number of aliphatic carboxylic acids is 1. The lowest BCUT2D eigenvalue weighted by atomic mass is 10.0. The number of carboxylic acid groups (broad SMARTS) is 1. The second-order valence-electron chi connectivity index (χ2n) is 4.55. The summed E-state index contributed by atoms with van der Waals surface area (Å²) in [6.07, 6.45) is -0.457. The normalized spacial score (nSPS) is 15.5. The molecule has 0 bridgehead atoms. The van der Waals surface area contributed by atoms with E-state index in [1.165, 1.54) is 6.92 Å². The molecule has 0 saturated heterocycles. The summed E-state index contributed by atoms with van der Waals surface area (Å²) in [5.74, 6) is -2.26. The molecular formula is C11H20N2O5S. The molecular weight excluding hydrogens is 272 g/mol. The average molecular weight is 292 g/mol. The van der Waals surface area contributed by atoms with Gasteiger partial charge in [-0.2, -0.15) is 0 Å². The van der Waals surface area contributed by atoms with Crippen molar-refractivity contribution < 1.29 is 24.6 Å². The third-order valence-electron chi connectivity index (χ3n) is 2.39. The molecule has 19 heavy (non-hydrogen) atoms. The van der Waals surface area contributed by atoms with E-state index in [-0.39, 0.29) is 11.8 Å². The molecule has 0 fully saturated rings. The van der Waals surface area contributed by atoms with E-state index in [2.05, 4.69) is 23.3 Å². The molecule has 0 spiro atoms. The smallest absolute Gasteiger partial charge is 0.305 e. The molecule has 3 atom stereocenters. The van der Waals surface area contributed by atoms with E-state index in [1.807, 2.05) is 0 Å². The number of thiol groups is 1. The molecule has 7 nitrogen and oxygen atoms in total. The van der Waals surface area contributed by atoms with Gasteiger partial charge >= 0.3 is 5.97 Å². The molecule has 0 radical (unpaired) electrons. The van der Waals surface area contributed by atoms with E-state index in [4.69, 9.17) is 5.11 Å². The largest absolute Gasteiger partial charge is 0.481 e. The maximum atomic E-state index is 12.0. The third-order valence-corrected chi connectivity index (χ3v) is 2.75. The zero-order valence-corrected chi connectivity index (χ0v) is 12.0. The number of rotatable bonds is 7. The van der Waals surface area contributed by atoms with Gasteiger partial charge in [0.05, 0.1) is 12.5 Å². The molecule has 110 valence electrons. The average Bonchev–Trinajstić information content (AvgIpc) is 2.23. The van der Waals surface area contributed by atoms with Gasteiger partial charge < -0.3 is 20.8 Å². The first-order valence-corrected chi connectivity index (χ1v) is 6.32. The maximum Gasteiger partial charge on any atom is 0.305 e. The van der Waals surface area contributed by atoms with E-state index in [9.17, 15) is 19.5 Å². The summed E-state index contributed by atoms with van der Waals surface area (Å²) in [7, 11) is 0. The predicted octanol–water partition coefficient (Wildman–Crippen LogP) is -0.645. The summed E-state index contributed by atoms with van der Waals surface area (Å²) in [5, 5.41) is 22.8. The third kappa shape index (κ3) is 7.02. The van der Waals surface area contributed by atoms with Gasteiger partial charge in [0.1, 0.15) is 11.5 Å². The number of nitrogens with one attached hydrogen (secondary N) is 2. The maximum absolute atomic E-state index is 12.0. The Morgan fingerprint density at radius 1 is 1.21 bits per heavy atom. The molecule has 4 N–H and O–H groups in total. The van der Waals surface area contributed by atoms with Crippen molar-refractivity contribution in [2.24, 2.45) is 5.92 Å². The second kappa shape index (κ2) is 8.00. The van der Waals surface area contributed by atoms with Crippen LogP contribution in [-0.4, -0.2) is 45.5 Å². The highest BCUT2D eigenvalue weighted by Gasteiger charge is 2.28. The molecule has 0 rings (SSSR count). The number of carboxylic acids is 1. The quantitative estimate of drug-likeness (QED) is 0.316. The monoisotopic (exact) mass is 292 g/mol. The molecule has 0 aliphatic carbocycles. The van der Waals surface area contributed by atoms with Crippen LogP contribution in [-0.2, 0) is 14.4 Å². The Bertz CT molecular complexity index is 346. The van der Waals surface area contributed by atoms with Crippen molar-refractivity contribution in [1.29, 1.82) is 0 Å². The molecule has 0 saturated carbocycles. The molecule has 0 aliphatic rings. The fraction of sp³-hybridized carbons (Fsp3) is 0.727. The molecule has 0 heterocycles. The van der Waals surface area contributed by atoms with Crippen LogP contribution in [0.3, 0.4) is 0 Å². The van der Waals surface area contributed by atoms with Gasteiger partial charge in [-0.3, -0.25) is 14.4 Å². The fourth-order valence-corrected chi connectivity index (χ4v) is 1.63. The minimum atomic E-state index is -1.30. The zero-order chi connectivity index (χ0) is 15.2. The predicted molar refractivity (Wildman–Crippen MR) is 71.6 cm³/mol. The van der Waals surface area contributed by atoms with Gasteiger partial charge in [0, 0.05) is 6.92 Å². The van der Waals surface area contributed by atoms with Crippen LogP contribution in [0.1, 0.15) is 27.2 Å². The first-order chi connectivity index (χ1) is 8.65. The number of carbonyl (C=O) groups excluding carboxylic acids is 2. The van der Waals surface area contributed by atoms with Gasteiger partial charge in [-0.1, -0.05) is 13.8 Å². The lowest BCUT2D eigenvalue weighted by Gasteiger charge is -2.25. The van der Waals surface area contributed by atoms with Crippen LogP contribution in [0.15, 0.2) is 0 Å². The SMILES string of the molecule is CC(=O)N[C@H](C(=O)N[C@@H](CC(=O)O)[C@@H](O)S)C(C)C. The van der Waals surface area contributed by atoms with Crippen molar-refractivity contribution in [3.05, 3.63) is 0 Å². The van der Waals surface area contributed by atoms with Gasteiger partial charge in [-0.05, 0) is 5.92 Å². The Morgan fingerprint density at radius 2 is 1.74 bits per heavy atom. The number of carbonyl (C=O) groups is 3. The van der Waals surface area contributed by atoms with Crippen molar-refractivity contribution in [1.82, 2.24) is 10.6 Å². The number of hydrogen-bond acceptors (Lipinski definition) is 5. The lowest BCUT2D eigenvalue weighted by Crippen LogP contribution is -2.53. The standard InChI is InChI=1S/C11H20N2O5S/c1-5(2)9(12-6(3)14)10(17)13-7(11(18)19)4-8(15)16/h5,7,9,11,18-19H,4H2,1-3H3,(H,12,14)(H,13,17)(H,15,16)/t7-,9-,11-/m0/s1. The van der Waals surface area contributed by atoms with Crippen LogP contribution in [0.5, 0.6) is 0 Å².